The summed E-state index contributed by atoms with van der Waals surface area (Å²) < 4.78 is 67.0. The third-order valence-electron chi connectivity index (χ3n) is 6.91. The van der Waals surface area contributed by atoms with Crippen molar-refractivity contribution in [3.05, 3.63) is 65.7 Å². The van der Waals surface area contributed by atoms with Crippen molar-refractivity contribution in [2.45, 2.75) is 43.2 Å². The summed E-state index contributed by atoms with van der Waals surface area (Å²) in [6, 6.07) is 14.5. The number of nitrogens with zero attached hydrogens (tertiary/aromatic N) is 2. The quantitative estimate of drug-likeness (QED) is 0.611. The van der Waals surface area contributed by atoms with Crippen molar-refractivity contribution in [3.8, 4) is 0 Å². The van der Waals surface area contributed by atoms with Gasteiger partial charge in [-0.25, -0.2) is 8.42 Å². The van der Waals surface area contributed by atoms with Crippen LogP contribution in [0.4, 0.5) is 13.2 Å². The van der Waals surface area contributed by atoms with Gasteiger partial charge in [0, 0.05) is 32.1 Å². The monoisotopic (exact) mass is 494 g/mol. The number of benzene rings is 2. The predicted octanol–water partition coefficient (Wildman–Crippen LogP) is 4.59. The number of carbonyl (C=O) groups is 1. The van der Waals surface area contributed by atoms with Crippen molar-refractivity contribution < 1.29 is 26.4 Å². The number of amides is 1. The number of likely N-dealkylation sites (tertiary alicyclic amines) is 1. The van der Waals surface area contributed by atoms with Crippen molar-refractivity contribution in [1.29, 1.82) is 0 Å². The van der Waals surface area contributed by atoms with Gasteiger partial charge in [-0.05, 0) is 55.7 Å². The van der Waals surface area contributed by atoms with Crippen LogP contribution in [0.3, 0.4) is 0 Å². The van der Waals surface area contributed by atoms with Gasteiger partial charge in [0.15, 0.2) is 0 Å². The highest BCUT2D eigenvalue weighted by Gasteiger charge is 2.40. The molecule has 0 radical (unpaired) electrons. The lowest BCUT2D eigenvalue weighted by atomic mass is 9.89. The van der Waals surface area contributed by atoms with E-state index in [1.165, 1.54) is 17.7 Å². The molecule has 0 bridgehead atoms. The fraction of sp³-hybridized carbons (Fsp3) is 0.480. The van der Waals surface area contributed by atoms with Crippen LogP contribution < -0.4 is 0 Å². The summed E-state index contributed by atoms with van der Waals surface area (Å²) in [6.45, 7) is 1.45. The van der Waals surface area contributed by atoms with Crippen molar-refractivity contribution in [1.82, 2.24) is 9.21 Å². The first-order chi connectivity index (χ1) is 16.2. The summed E-state index contributed by atoms with van der Waals surface area (Å²) in [4.78, 5) is 14.2. The number of carbonyl (C=O) groups excluding carboxylic acids is 1. The first kappa shape index (κ1) is 24.7. The lowest BCUT2D eigenvalue weighted by molar-refractivity contribution is -0.140. The Hall–Kier alpha value is -2.39. The number of piperidine rings is 2. The molecule has 2 aliphatic rings. The highest BCUT2D eigenvalue weighted by molar-refractivity contribution is 7.89. The van der Waals surface area contributed by atoms with E-state index in [2.05, 4.69) is 12.1 Å². The van der Waals surface area contributed by atoms with Gasteiger partial charge in [0.05, 0.1) is 10.5 Å². The van der Waals surface area contributed by atoms with Crippen LogP contribution >= 0.6 is 0 Å². The summed E-state index contributed by atoms with van der Waals surface area (Å²) in [6.07, 6.45) is -1.26. The van der Waals surface area contributed by atoms with Crippen molar-refractivity contribution in [2.24, 2.45) is 11.8 Å². The van der Waals surface area contributed by atoms with Gasteiger partial charge in [-0.15, -0.1) is 0 Å². The van der Waals surface area contributed by atoms with E-state index >= 15 is 0 Å². The second-order valence-electron chi connectivity index (χ2n) is 9.13. The molecule has 4 rings (SSSR count). The average Bonchev–Trinajstić information content (AvgIpc) is 2.84. The smallest absolute Gasteiger partial charge is 0.342 e. The number of alkyl halides is 3. The van der Waals surface area contributed by atoms with E-state index in [4.69, 9.17) is 0 Å². The highest BCUT2D eigenvalue weighted by atomic mass is 32.2. The molecule has 0 spiro atoms. The zero-order valence-electron chi connectivity index (χ0n) is 18.9. The molecule has 0 aromatic heterocycles. The molecule has 0 unspecified atom stereocenters. The van der Waals surface area contributed by atoms with Gasteiger partial charge in [0.2, 0.25) is 15.9 Å². The summed E-state index contributed by atoms with van der Waals surface area (Å²) in [5.41, 5.74) is 0.138. The topological polar surface area (TPSA) is 57.7 Å². The van der Waals surface area contributed by atoms with Crippen LogP contribution in [0.2, 0.25) is 0 Å². The summed E-state index contributed by atoms with van der Waals surface area (Å²) in [5.74, 6) is 0.271. The standard InChI is InChI=1S/C25H29F3N2O3S/c26-25(27,28)22-8-4-5-9-23(22)34(32,33)30-16-12-21(13-17-30)24(31)29-14-10-20(11-15-29)18-19-6-2-1-3-7-19/h1-9,20-21H,10-18H2. The number of hydrogen-bond donors (Lipinski definition) is 0. The van der Waals surface area contributed by atoms with E-state index in [1.807, 2.05) is 23.1 Å². The van der Waals surface area contributed by atoms with Crippen molar-refractivity contribution in [2.75, 3.05) is 26.2 Å². The lowest BCUT2D eigenvalue weighted by Gasteiger charge is -2.37. The molecule has 5 nitrogen and oxygen atoms in total. The van der Waals surface area contributed by atoms with E-state index in [0.29, 0.717) is 31.8 Å². The molecule has 0 aliphatic carbocycles. The fourth-order valence-corrected chi connectivity index (χ4v) is 6.65. The SMILES string of the molecule is O=C(C1CCN(S(=O)(=O)c2ccccc2C(F)(F)F)CC1)N1CCC(Cc2ccccc2)CC1. The molecule has 2 aromatic rings. The Bertz CT molecular complexity index is 1090. The number of rotatable bonds is 5. The molecule has 34 heavy (non-hydrogen) atoms. The molecule has 2 aliphatic heterocycles. The molecule has 2 saturated heterocycles. The van der Waals surface area contributed by atoms with E-state index in [1.54, 1.807) is 0 Å². The molecule has 0 saturated carbocycles. The Morgan fingerprint density at radius 1 is 0.853 bits per heavy atom. The van der Waals surface area contributed by atoms with E-state index in [-0.39, 0.29) is 24.9 Å². The normalized spacial score (nSPS) is 19.3. The van der Waals surface area contributed by atoms with Crippen molar-refractivity contribution in [3.63, 3.8) is 0 Å². The van der Waals surface area contributed by atoms with E-state index < -0.39 is 26.7 Å². The molecule has 2 fully saturated rings. The Morgan fingerprint density at radius 3 is 2.06 bits per heavy atom. The Morgan fingerprint density at radius 2 is 1.44 bits per heavy atom. The third kappa shape index (κ3) is 5.46. The van der Waals surface area contributed by atoms with Gasteiger partial charge in [0.25, 0.3) is 0 Å². The van der Waals surface area contributed by atoms with Crippen LogP contribution in [0, 0.1) is 11.8 Å². The Kier molecular flexibility index (Phi) is 7.33. The zero-order chi connectivity index (χ0) is 24.3. The molecule has 0 N–H and O–H groups in total. The van der Waals surface area contributed by atoms with Crippen LogP contribution in [-0.2, 0) is 27.4 Å². The van der Waals surface area contributed by atoms with Gasteiger partial charge in [0.1, 0.15) is 0 Å². The maximum atomic E-state index is 13.3. The number of hydrogen-bond acceptors (Lipinski definition) is 3. The largest absolute Gasteiger partial charge is 0.417 e. The molecule has 0 atom stereocenters. The second-order valence-corrected chi connectivity index (χ2v) is 11.0. The zero-order valence-corrected chi connectivity index (χ0v) is 19.7. The van der Waals surface area contributed by atoms with Gasteiger partial charge in [-0.1, -0.05) is 42.5 Å². The van der Waals surface area contributed by atoms with Crippen LogP contribution in [0.1, 0.15) is 36.8 Å². The van der Waals surface area contributed by atoms with E-state index in [0.717, 1.165) is 35.7 Å². The third-order valence-corrected chi connectivity index (χ3v) is 8.86. The van der Waals surface area contributed by atoms with Crippen LogP contribution in [-0.4, -0.2) is 49.7 Å². The van der Waals surface area contributed by atoms with Gasteiger partial charge in [-0.2, -0.15) is 17.5 Å². The summed E-state index contributed by atoms with van der Waals surface area (Å²) >= 11 is 0. The number of sulfonamides is 1. The molecule has 1 amide bonds. The maximum Gasteiger partial charge on any atom is 0.417 e. The summed E-state index contributed by atoms with van der Waals surface area (Å²) in [5, 5.41) is 0. The highest BCUT2D eigenvalue weighted by Crippen LogP contribution is 2.36. The van der Waals surface area contributed by atoms with E-state index in [9.17, 15) is 26.4 Å². The first-order valence-electron chi connectivity index (χ1n) is 11.7. The average molecular weight is 495 g/mol. The van der Waals surface area contributed by atoms with Crippen LogP contribution in [0.15, 0.2) is 59.5 Å². The molecular formula is C25H29F3N2O3S. The van der Waals surface area contributed by atoms with Gasteiger partial charge < -0.3 is 4.90 Å². The molecular weight excluding hydrogens is 465 g/mol. The maximum absolute atomic E-state index is 13.3. The second kappa shape index (κ2) is 10.1. The Balaban J connectivity index is 1.32. The first-order valence-corrected chi connectivity index (χ1v) is 13.1. The van der Waals surface area contributed by atoms with Gasteiger partial charge >= 0.3 is 6.18 Å². The fourth-order valence-electron chi connectivity index (χ4n) is 4.97. The van der Waals surface area contributed by atoms with Crippen LogP contribution in [0.5, 0.6) is 0 Å². The molecule has 2 aromatic carbocycles. The minimum Gasteiger partial charge on any atom is -0.342 e. The lowest BCUT2D eigenvalue weighted by Crippen LogP contribution is -2.46. The number of halogens is 3. The minimum absolute atomic E-state index is 0.0332. The van der Waals surface area contributed by atoms with Gasteiger partial charge in [-0.3, -0.25) is 4.79 Å². The minimum atomic E-state index is -4.76. The molecule has 9 heteroatoms. The predicted molar refractivity (Wildman–Crippen MR) is 122 cm³/mol. The molecule has 184 valence electrons. The summed E-state index contributed by atoms with van der Waals surface area (Å²) in [7, 11) is -4.30. The Labute approximate surface area is 198 Å². The van der Waals surface area contributed by atoms with Crippen molar-refractivity contribution >= 4 is 15.9 Å². The molecule has 2 heterocycles. The van der Waals surface area contributed by atoms with Crippen LogP contribution in [0.25, 0.3) is 0 Å².